The van der Waals surface area contributed by atoms with Crippen LogP contribution in [0.3, 0.4) is 0 Å². The Morgan fingerprint density at radius 1 is 1.27 bits per heavy atom. The first kappa shape index (κ1) is 14.2. The van der Waals surface area contributed by atoms with Gasteiger partial charge in [0.25, 0.3) is 0 Å². The van der Waals surface area contributed by atoms with E-state index in [1.807, 2.05) is 25.8 Å². The standard InChI is InChI=1S/C11H25N3O/c1-6-13(5)10(15)14(7-2)9-11(3,4)8-12/h6-9,12H2,1-5H3. The van der Waals surface area contributed by atoms with E-state index in [9.17, 15) is 4.79 Å². The Kier molecular flexibility index (Phi) is 5.65. The minimum Gasteiger partial charge on any atom is -0.330 e. The summed E-state index contributed by atoms with van der Waals surface area (Å²) in [6, 6.07) is 0.0847. The van der Waals surface area contributed by atoms with Crippen LogP contribution in [0.4, 0.5) is 4.79 Å². The minimum absolute atomic E-state index is 0.0136. The van der Waals surface area contributed by atoms with E-state index in [2.05, 4.69) is 13.8 Å². The van der Waals surface area contributed by atoms with Crippen molar-refractivity contribution in [2.45, 2.75) is 27.7 Å². The Labute approximate surface area is 93.4 Å². The number of nitrogens with two attached hydrogens (primary N) is 1. The highest BCUT2D eigenvalue weighted by atomic mass is 16.2. The fourth-order valence-corrected chi connectivity index (χ4v) is 1.27. The van der Waals surface area contributed by atoms with Gasteiger partial charge in [0.2, 0.25) is 0 Å². The zero-order chi connectivity index (χ0) is 12.1. The summed E-state index contributed by atoms with van der Waals surface area (Å²) in [4.78, 5) is 15.5. The van der Waals surface area contributed by atoms with Crippen molar-refractivity contribution in [3.63, 3.8) is 0 Å². The summed E-state index contributed by atoms with van der Waals surface area (Å²) in [7, 11) is 1.82. The van der Waals surface area contributed by atoms with E-state index < -0.39 is 0 Å². The smallest absolute Gasteiger partial charge is 0.319 e. The summed E-state index contributed by atoms with van der Waals surface area (Å²) in [5.74, 6) is 0. The average molecular weight is 215 g/mol. The molecule has 0 aromatic heterocycles. The molecule has 0 saturated carbocycles. The number of hydrogen-bond donors (Lipinski definition) is 1. The van der Waals surface area contributed by atoms with Crippen molar-refractivity contribution < 1.29 is 4.79 Å². The number of carbonyl (C=O) groups is 1. The SMILES string of the molecule is CCN(C)C(=O)N(CC)CC(C)(C)CN. The zero-order valence-electron chi connectivity index (χ0n) is 10.7. The summed E-state index contributed by atoms with van der Waals surface area (Å²) in [5.41, 5.74) is 5.65. The quantitative estimate of drug-likeness (QED) is 0.753. The van der Waals surface area contributed by atoms with Crippen molar-refractivity contribution >= 4 is 6.03 Å². The predicted octanol–water partition coefficient (Wildman–Crippen LogP) is 1.36. The van der Waals surface area contributed by atoms with Gasteiger partial charge in [-0.05, 0) is 25.8 Å². The Balaban J connectivity index is 4.43. The van der Waals surface area contributed by atoms with Gasteiger partial charge < -0.3 is 15.5 Å². The first-order chi connectivity index (χ1) is 6.87. The lowest BCUT2D eigenvalue weighted by atomic mass is 9.93. The number of amides is 2. The molecular formula is C11H25N3O. The average Bonchev–Trinajstić information content (AvgIpc) is 2.23. The number of rotatable bonds is 5. The molecule has 0 fully saturated rings. The number of hydrogen-bond acceptors (Lipinski definition) is 2. The number of urea groups is 1. The molecule has 4 heteroatoms. The molecule has 2 N–H and O–H groups in total. The van der Waals surface area contributed by atoms with Gasteiger partial charge in [-0.15, -0.1) is 0 Å². The fraction of sp³-hybridized carbons (Fsp3) is 0.909. The first-order valence-corrected chi connectivity index (χ1v) is 5.58. The Morgan fingerprint density at radius 2 is 1.80 bits per heavy atom. The summed E-state index contributed by atoms with van der Waals surface area (Å²) in [6.07, 6.45) is 0. The van der Waals surface area contributed by atoms with Crippen molar-refractivity contribution in [2.75, 3.05) is 33.2 Å². The molecule has 0 spiro atoms. The van der Waals surface area contributed by atoms with E-state index in [0.717, 1.165) is 13.1 Å². The van der Waals surface area contributed by atoms with Crippen LogP contribution in [0.15, 0.2) is 0 Å². The Morgan fingerprint density at radius 3 is 2.13 bits per heavy atom. The summed E-state index contributed by atoms with van der Waals surface area (Å²) < 4.78 is 0. The van der Waals surface area contributed by atoms with Crippen LogP contribution in [0, 0.1) is 5.41 Å². The second-order valence-corrected chi connectivity index (χ2v) is 4.68. The lowest BCUT2D eigenvalue weighted by molar-refractivity contribution is 0.145. The predicted molar refractivity (Wildman–Crippen MR) is 63.8 cm³/mol. The van der Waals surface area contributed by atoms with E-state index >= 15 is 0 Å². The third-order valence-corrected chi connectivity index (χ3v) is 2.62. The van der Waals surface area contributed by atoms with Crippen LogP contribution in [-0.2, 0) is 0 Å². The molecule has 15 heavy (non-hydrogen) atoms. The second kappa shape index (κ2) is 5.95. The topological polar surface area (TPSA) is 49.6 Å². The maximum atomic E-state index is 11.9. The molecule has 0 aromatic carbocycles. The monoisotopic (exact) mass is 215 g/mol. The van der Waals surface area contributed by atoms with Gasteiger partial charge in [-0.2, -0.15) is 0 Å². The molecule has 0 aliphatic rings. The van der Waals surface area contributed by atoms with Crippen molar-refractivity contribution in [1.82, 2.24) is 9.80 Å². The van der Waals surface area contributed by atoms with Crippen LogP contribution in [0.2, 0.25) is 0 Å². The van der Waals surface area contributed by atoms with Gasteiger partial charge in [-0.1, -0.05) is 13.8 Å². The van der Waals surface area contributed by atoms with Gasteiger partial charge in [0.15, 0.2) is 0 Å². The van der Waals surface area contributed by atoms with Crippen LogP contribution in [0.5, 0.6) is 0 Å². The van der Waals surface area contributed by atoms with Crippen molar-refractivity contribution in [2.24, 2.45) is 11.1 Å². The highest BCUT2D eigenvalue weighted by Crippen LogP contribution is 2.15. The van der Waals surface area contributed by atoms with Crippen LogP contribution < -0.4 is 5.73 Å². The minimum atomic E-state index is -0.0136. The molecule has 0 atom stereocenters. The molecule has 0 rings (SSSR count). The van der Waals surface area contributed by atoms with Gasteiger partial charge in [0, 0.05) is 26.7 Å². The summed E-state index contributed by atoms with van der Waals surface area (Å²) in [6.45, 7) is 10.9. The molecule has 2 amide bonds. The summed E-state index contributed by atoms with van der Waals surface area (Å²) >= 11 is 0. The molecule has 0 radical (unpaired) electrons. The van der Waals surface area contributed by atoms with Crippen molar-refractivity contribution in [1.29, 1.82) is 0 Å². The number of carbonyl (C=O) groups excluding carboxylic acids is 1. The number of nitrogens with zero attached hydrogens (tertiary/aromatic N) is 2. The zero-order valence-corrected chi connectivity index (χ0v) is 10.7. The molecule has 90 valence electrons. The third kappa shape index (κ3) is 4.51. The second-order valence-electron chi connectivity index (χ2n) is 4.68. The Hall–Kier alpha value is -0.770. The van der Waals surface area contributed by atoms with Crippen molar-refractivity contribution in [3.05, 3.63) is 0 Å². The van der Waals surface area contributed by atoms with Crippen LogP contribution in [0.1, 0.15) is 27.7 Å². The highest BCUT2D eigenvalue weighted by Gasteiger charge is 2.23. The molecular weight excluding hydrogens is 190 g/mol. The van der Waals surface area contributed by atoms with Gasteiger partial charge >= 0.3 is 6.03 Å². The van der Waals surface area contributed by atoms with E-state index in [-0.39, 0.29) is 11.4 Å². The molecule has 0 bridgehead atoms. The van der Waals surface area contributed by atoms with E-state index in [0.29, 0.717) is 13.1 Å². The molecule has 0 heterocycles. The molecule has 0 aliphatic carbocycles. The third-order valence-electron chi connectivity index (χ3n) is 2.62. The van der Waals surface area contributed by atoms with Gasteiger partial charge in [-0.3, -0.25) is 0 Å². The van der Waals surface area contributed by atoms with Gasteiger partial charge in [-0.25, -0.2) is 4.79 Å². The van der Waals surface area contributed by atoms with Crippen LogP contribution >= 0.6 is 0 Å². The molecule has 0 aromatic rings. The highest BCUT2D eigenvalue weighted by molar-refractivity contribution is 5.74. The molecule has 0 unspecified atom stereocenters. The fourth-order valence-electron chi connectivity index (χ4n) is 1.27. The van der Waals surface area contributed by atoms with Gasteiger partial charge in [0.05, 0.1) is 0 Å². The lowest BCUT2D eigenvalue weighted by Gasteiger charge is -2.33. The maximum absolute atomic E-state index is 11.9. The van der Waals surface area contributed by atoms with Crippen molar-refractivity contribution in [3.8, 4) is 0 Å². The molecule has 0 saturated heterocycles. The van der Waals surface area contributed by atoms with Crippen LogP contribution in [-0.4, -0.2) is 49.1 Å². The largest absolute Gasteiger partial charge is 0.330 e. The van der Waals surface area contributed by atoms with Crippen LogP contribution in [0.25, 0.3) is 0 Å². The Bertz CT molecular complexity index is 204. The molecule has 4 nitrogen and oxygen atoms in total. The van der Waals surface area contributed by atoms with E-state index in [1.54, 1.807) is 4.90 Å². The lowest BCUT2D eigenvalue weighted by Crippen LogP contribution is -2.46. The maximum Gasteiger partial charge on any atom is 0.319 e. The van der Waals surface area contributed by atoms with E-state index in [1.165, 1.54) is 0 Å². The molecule has 0 aliphatic heterocycles. The van der Waals surface area contributed by atoms with Gasteiger partial charge in [0.1, 0.15) is 0 Å². The normalized spacial score (nSPS) is 11.3. The van der Waals surface area contributed by atoms with E-state index in [4.69, 9.17) is 5.73 Å². The summed E-state index contributed by atoms with van der Waals surface area (Å²) in [5, 5.41) is 0. The first-order valence-electron chi connectivity index (χ1n) is 5.58.